The summed E-state index contributed by atoms with van der Waals surface area (Å²) in [6.45, 7) is 0. The molecule has 29 heavy (non-hydrogen) atoms. The third-order valence-corrected chi connectivity index (χ3v) is 4.30. The van der Waals surface area contributed by atoms with E-state index in [0.717, 1.165) is 0 Å². The summed E-state index contributed by atoms with van der Waals surface area (Å²) in [5, 5.41) is 17.6. The lowest BCUT2D eigenvalue weighted by molar-refractivity contribution is -0.142. The van der Waals surface area contributed by atoms with E-state index in [1.54, 1.807) is 24.3 Å². The van der Waals surface area contributed by atoms with Gasteiger partial charge in [-0.25, -0.2) is 4.68 Å². The van der Waals surface area contributed by atoms with Crippen LogP contribution in [0.3, 0.4) is 0 Å². The van der Waals surface area contributed by atoms with Gasteiger partial charge in [0.15, 0.2) is 11.5 Å². The highest BCUT2D eigenvalue weighted by molar-refractivity contribution is 5.84. The third-order valence-electron chi connectivity index (χ3n) is 4.30. The first-order valence-electron chi connectivity index (χ1n) is 8.43. The number of nitrogens with zero attached hydrogens (tertiary/aromatic N) is 3. The van der Waals surface area contributed by atoms with Crippen molar-refractivity contribution >= 4 is 0 Å². The largest absolute Gasteiger partial charge is 0.507 e. The number of aromatic hydroxyl groups is 1. The summed E-state index contributed by atoms with van der Waals surface area (Å²) in [6, 6.07) is 13.1. The second kappa shape index (κ2) is 7.01. The van der Waals surface area contributed by atoms with E-state index in [1.807, 2.05) is 6.07 Å². The van der Waals surface area contributed by atoms with E-state index in [2.05, 4.69) is 10.3 Å². The predicted octanol–water partition coefficient (Wildman–Crippen LogP) is 4.93. The maximum absolute atomic E-state index is 13.6. The molecule has 0 saturated carbocycles. The summed E-state index contributed by atoms with van der Waals surface area (Å²) in [7, 11) is 1.41. The van der Waals surface area contributed by atoms with Crippen LogP contribution in [-0.2, 0) is 6.18 Å². The Morgan fingerprint density at radius 2 is 1.86 bits per heavy atom. The highest BCUT2D eigenvalue weighted by Crippen LogP contribution is 2.45. The second-order valence-electron chi connectivity index (χ2n) is 6.13. The van der Waals surface area contributed by atoms with Gasteiger partial charge in [0, 0.05) is 17.8 Å². The zero-order valence-corrected chi connectivity index (χ0v) is 15.0. The molecule has 4 aromatic rings. The Morgan fingerprint density at radius 1 is 1.10 bits per heavy atom. The number of para-hydroxylation sites is 1. The zero-order chi connectivity index (χ0) is 20.6. The molecule has 0 amide bonds. The number of ether oxygens (including phenoxy) is 1. The Labute approximate surface area is 162 Å². The van der Waals surface area contributed by atoms with Gasteiger partial charge in [-0.15, -0.1) is 0 Å². The molecule has 0 fully saturated rings. The standard InChI is InChI=1S/C20H14F3N3O3/c1-28-14-7-8-15(16(27)9-14)18-17(19(25-29-18)20(21,22)23)12-10-24-26(11-12)13-5-3-2-4-6-13/h2-11,27H,1H3. The molecule has 0 atom stereocenters. The Bertz CT molecular complexity index is 1150. The van der Waals surface area contributed by atoms with Gasteiger partial charge in [-0.1, -0.05) is 23.4 Å². The van der Waals surface area contributed by atoms with Crippen molar-refractivity contribution in [3.05, 3.63) is 66.6 Å². The minimum atomic E-state index is -4.76. The number of methoxy groups -OCH3 is 1. The van der Waals surface area contributed by atoms with Crippen molar-refractivity contribution in [2.24, 2.45) is 0 Å². The summed E-state index contributed by atoms with van der Waals surface area (Å²) in [4.78, 5) is 0. The average Bonchev–Trinajstić information content (AvgIpc) is 3.35. The van der Waals surface area contributed by atoms with Crippen LogP contribution in [0.1, 0.15) is 5.69 Å². The maximum Gasteiger partial charge on any atom is 0.437 e. The number of hydrogen-bond donors (Lipinski definition) is 1. The van der Waals surface area contributed by atoms with Crippen LogP contribution >= 0.6 is 0 Å². The number of alkyl halides is 3. The molecule has 2 heterocycles. The first kappa shape index (κ1) is 18.6. The molecule has 0 saturated heterocycles. The van der Waals surface area contributed by atoms with E-state index < -0.39 is 11.9 Å². The number of aromatic nitrogens is 3. The predicted molar refractivity (Wildman–Crippen MR) is 97.7 cm³/mol. The van der Waals surface area contributed by atoms with Crippen molar-refractivity contribution < 1.29 is 27.5 Å². The van der Waals surface area contributed by atoms with Crippen molar-refractivity contribution in [3.63, 3.8) is 0 Å². The van der Waals surface area contributed by atoms with Crippen molar-refractivity contribution in [3.8, 4) is 39.6 Å². The average molecular weight is 401 g/mol. The molecule has 0 aliphatic carbocycles. The molecule has 9 heteroatoms. The number of halogens is 3. The highest BCUT2D eigenvalue weighted by Gasteiger charge is 2.40. The second-order valence-corrected chi connectivity index (χ2v) is 6.13. The molecule has 4 rings (SSSR count). The molecule has 1 N–H and O–H groups in total. The number of phenols is 1. The highest BCUT2D eigenvalue weighted by atomic mass is 19.4. The molecule has 148 valence electrons. The van der Waals surface area contributed by atoms with Crippen LogP contribution in [-0.4, -0.2) is 27.2 Å². The van der Waals surface area contributed by atoms with Crippen molar-refractivity contribution in [1.29, 1.82) is 0 Å². The van der Waals surface area contributed by atoms with Crippen LogP contribution < -0.4 is 4.74 Å². The van der Waals surface area contributed by atoms with Gasteiger partial charge in [0.05, 0.1) is 30.1 Å². The van der Waals surface area contributed by atoms with Gasteiger partial charge in [0.25, 0.3) is 0 Å². The van der Waals surface area contributed by atoms with E-state index in [0.29, 0.717) is 11.4 Å². The Kier molecular flexibility index (Phi) is 4.50. The van der Waals surface area contributed by atoms with Gasteiger partial charge in [0.2, 0.25) is 0 Å². The van der Waals surface area contributed by atoms with Gasteiger partial charge in [0.1, 0.15) is 11.5 Å². The fourth-order valence-electron chi connectivity index (χ4n) is 2.94. The number of benzene rings is 2. The number of hydrogen-bond acceptors (Lipinski definition) is 5. The number of rotatable bonds is 4. The topological polar surface area (TPSA) is 73.3 Å². The Hall–Kier alpha value is -3.75. The summed E-state index contributed by atoms with van der Waals surface area (Å²) < 4.78 is 52.2. The third kappa shape index (κ3) is 3.42. The van der Waals surface area contributed by atoms with Gasteiger partial charge in [-0.3, -0.25) is 0 Å². The van der Waals surface area contributed by atoms with Crippen LogP contribution in [0.5, 0.6) is 11.5 Å². The Morgan fingerprint density at radius 3 is 2.52 bits per heavy atom. The molecule has 6 nitrogen and oxygen atoms in total. The maximum atomic E-state index is 13.6. The van der Waals surface area contributed by atoms with E-state index in [9.17, 15) is 18.3 Å². The van der Waals surface area contributed by atoms with Gasteiger partial charge in [-0.2, -0.15) is 18.3 Å². The molecule has 0 aliphatic heterocycles. The summed E-state index contributed by atoms with van der Waals surface area (Å²) >= 11 is 0. The van der Waals surface area contributed by atoms with Gasteiger partial charge >= 0.3 is 6.18 Å². The molecular weight excluding hydrogens is 387 g/mol. The number of phenolic OH excluding ortho intramolecular Hbond substituents is 1. The quantitative estimate of drug-likeness (QED) is 0.525. The van der Waals surface area contributed by atoms with Crippen LogP contribution in [0.15, 0.2) is 65.4 Å². The fourth-order valence-corrected chi connectivity index (χ4v) is 2.94. The fraction of sp³-hybridized carbons (Fsp3) is 0.100. The summed E-state index contributed by atoms with van der Waals surface area (Å²) in [5.74, 6) is -0.170. The first-order chi connectivity index (χ1) is 13.9. The van der Waals surface area contributed by atoms with Crippen LogP contribution in [0.2, 0.25) is 0 Å². The van der Waals surface area contributed by atoms with Crippen molar-refractivity contribution in [2.75, 3.05) is 7.11 Å². The normalized spacial score (nSPS) is 11.6. The van der Waals surface area contributed by atoms with Crippen LogP contribution in [0.25, 0.3) is 28.1 Å². The molecule has 2 aromatic carbocycles. The molecule has 0 bridgehead atoms. The Balaban J connectivity index is 1.89. The van der Waals surface area contributed by atoms with Gasteiger partial charge in [-0.05, 0) is 24.3 Å². The molecule has 0 aliphatic rings. The minimum absolute atomic E-state index is 0.0521. The van der Waals surface area contributed by atoms with Crippen molar-refractivity contribution in [1.82, 2.24) is 14.9 Å². The lowest BCUT2D eigenvalue weighted by atomic mass is 10.0. The lowest BCUT2D eigenvalue weighted by Gasteiger charge is -2.07. The molecule has 0 unspecified atom stereocenters. The molecule has 0 radical (unpaired) electrons. The summed E-state index contributed by atoms with van der Waals surface area (Å²) in [6.07, 6.45) is -2.02. The van der Waals surface area contributed by atoms with Crippen LogP contribution in [0, 0.1) is 0 Å². The van der Waals surface area contributed by atoms with E-state index in [-0.39, 0.29) is 28.2 Å². The lowest BCUT2D eigenvalue weighted by Crippen LogP contribution is -2.07. The SMILES string of the molecule is COc1ccc(-c2onc(C(F)(F)F)c2-c2cnn(-c3ccccc3)c2)c(O)c1. The molecule has 2 aromatic heterocycles. The monoisotopic (exact) mass is 401 g/mol. The van der Waals surface area contributed by atoms with E-state index in [4.69, 9.17) is 9.26 Å². The van der Waals surface area contributed by atoms with Crippen molar-refractivity contribution in [2.45, 2.75) is 6.18 Å². The van der Waals surface area contributed by atoms with Crippen LogP contribution in [0.4, 0.5) is 13.2 Å². The minimum Gasteiger partial charge on any atom is -0.507 e. The van der Waals surface area contributed by atoms with E-state index in [1.165, 1.54) is 42.4 Å². The molecular formula is C20H14F3N3O3. The molecule has 0 spiro atoms. The van der Waals surface area contributed by atoms with Gasteiger partial charge < -0.3 is 14.4 Å². The smallest absolute Gasteiger partial charge is 0.437 e. The van der Waals surface area contributed by atoms with E-state index >= 15 is 0 Å². The first-order valence-corrected chi connectivity index (χ1v) is 8.43. The zero-order valence-electron chi connectivity index (χ0n) is 15.0. The summed E-state index contributed by atoms with van der Waals surface area (Å²) in [5.41, 5.74) is -0.628.